The van der Waals surface area contributed by atoms with Crippen LogP contribution in [-0.2, 0) is 37.8 Å². The quantitative estimate of drug-likeness (QED) is 0.165. The SMILES string of the molecule is COc1ccc(CSC(CCc2ccccc2OC)C(C=CS(=O)(=O)OCC(C)(C)C)NC(=O)OCc2ccccc2)cc1. The molecule has 3 aromatic rings. The number of nitrogens with one attached hydrogen (secondary N) is 1. The fourth-order valence-corrected chi connectivity index (χ4v) is 6.35. The van der Waals surface area contributed by atoms with Crippen molar-refractivity contribution in [3.8, 4) is 11.5 Å². The maximum absolute atomic E-state index is 13.0. The Hall–Kier alpha value is -3.47. The number of carbonyl (C=O) groups is 1. The van der Waals surface area contributed by atoms with Crippen molar-refractivity contribution >= 4 is 28.0 Å². The molecule has 0 saturated carbocycles. The first kappa shape index (κ1) is 35.0. The molecule has 3 aromatic carbocycles. The molecule has 0 saturated heterocycles. The molecule has 0 aliphatic heterocycles. The van der Waals surface area contributed by atoms with Crippen molar-refractivity contribution in [1.29, 1.82) is 0 Å². The Kier molecular flexibility index (Phi) is 13.6. The van der Waals surface area contributed by atoms with E-state index >= 15 is 0 Å². The van der Waals surface area contributed by atoms with Crippen molar-refractivity contribution < 1.29 is 31.6 Å². The third-order valence-electron chi connectivity index (χ3n) is 6.52. The summed E-state index contributed by atoms with van der Waals surface area (Å²) in [4.78, 5) is 13.0. The predicted molar refractivity (Wildman–Crippen MR) is 176 cm³/mol. The third kappa shape index (κ3) is 12.6. The molecule has 0 aliphatic carbocycles. The summed E-state index contributed by atoms with van der Waals surface area (Å²) in [5.41, 5.74) is 2.58. The lowest BCUT2D eigenvalue weighted by molar-refractivity contribution is 0.137. The summed E-state index contributed by atoms with van der Waals surface area (Å²) in [5, 5.41) is 3.71. The number of hydrogen-bond acceptors (Lipinski definition) is 8. The number of amides is 1. The van der Waals surface area contributed by atoms with Crippen LogP contribution in [0.1, 0.15) is 43.9 Å². The van der Waals surface area contributed by atoms with Gasteiger partial charge >= 0.3 is 6.09 Å². The standard InChI is InChI=1S/C34H43NO7S2/c1-34(2,3)25-42-44(37,38)22-21-30(35-33(36)41-23-26-11-7-6-8-12-26)32(20-17-28-13-9-10-14-31(28)40-5)43-24-27-15-18-29(39-4)19-16-27/h6-16,18-19,21-22,30,32H,17,20,23-25H2,1-5H3,(H,35,36). The van der Waals surface area contributed by atoms with E-state index in [2.05, 4.69) is 5.32 Å². The molecule has 0 bridgehead atoms. The molecule has 10 heteroatoms. The minimum absolute atomic E-state index is 0.0281. The molecule has 0 heterocycles. The van der Waals surface area contributed by atoms with Gasteiger partial charge in [0.2, 0.25) is 0 Å². The molecule has 3 rings (SSSR count). The number of carbonyl (C=O) groups excluding carboxylic acids is 1. The van der Waals surface area contributed by atoms with E-state index < -0.39 is 22.3 Å². The highest BCUT2D eigenvalue weighted by Crippen LogP contribution is 2.29. The maximum Gasteiger partial charge on any atom is 0.407 e. The van der Waals surface area contributed by atoms with Gasteiger partial charge in [-0.2, -0.15) is 20.2 Å². The fourth-order valence-electron chi connectivity index (χ4n) is 4.14. The van der Waals surface area contributed by atoms with Crippen molar-refractivity contribution in [2.24, 2.45) is 5.41 Å². The van der Waals surface area contributed by atoms with Gasteiger partial charge in [-0.25, -0.2) is 4.79 Å². The molecule has 2 atom stereocenters. The van der Waals surface area contributed by atoms with Crippen LogP contribution in [0.5, 0.6) is 11.5 Å². The number of ether oxygens (including phenoxy) is 3. The Bertz CT molecular complexity index is 1440. The van der Waals surface area contributed by atoms with Crippen LogP contribution in [0.15, 0.2) is 90.3 Å². The van der Waals surface area contributed by atoms with E-state index in [1.165, 1.54) is 6.08 Å². The Morgan fingerprint density at radius 2 is 1.59 bits per heavy atom. The van der Waals surface area contributed by atoms with E-state index in [-0.39, 0.29) is 23.9 Å². The number of benzene rings is 3. The van der Waals surface area contributed by atoms with E-state index in [0.29, 0.717) is 18.6 Å². The zero-order valence-corrected chi connectivity index (χ0v) is 27.7. The monoisotopic (exact) mass is 641 g/mol. The van der Waals surface area contributed by atoms with Crippen molar-refractivity contribution in [2.45, 2.75) is 57.3 Å². The Labute approximate surface area is 266 Å². The first-order valence-electron chi connectivity index (χ1n) is 14.4. The highest BCUT2D eigenvalue weighted by Gasteiger charge is 2.25. The number of rotatable bonds is 16. The van der Waals surface area contributed by atoms with Crippen molar-refractivity contribution in [1.82, 2.24) is 5.32 Å². The number of hydrogen-bond donors (Lipinski definition) is 1. The van der Waals surface area contributed by atoms with Crippen LogP contribution >= 0.6 is 11.8 Å². The summed E-state index contributed by atoms with van der Waals surface area (Å²) in [6.07, 6.45) is 2.08. The number of alkyl carbamates (subject to hydrolysis) is 1. The van der Waals surface area contributed by atoms with Gasteiger partial charge in [0.25, 0.3) is 10.1 Å². The summed E-state index contributed by atoms with van der Waals surface area (Å²) < 4.78 is 47.2. The average molecular weight is 642 g/mol. The van der Waals surface area contributed by atoms with Crippen LogP contribution in [-0.4, -0.2) is 46.6 Å². The first-order valence-corrected chi connectivity index (χ1v) is 16.9. The number of aryl methyl sites for hydroxylation is 1. The van der Waals surface area contributed by atoms with E-state index in [1.54, 1.807) is 26.0 Å². The molecule has 0 aliphatic rings. The molecule has 0 spiro atoms. The molecule has 0 fully saturated rings. The van der Waals surface area contributed by atoms with Crippen molar-refractivity contribution in [2.75, 3.05) is 20.8 Å². The molecule has 1 N–H and O–H groups in total. The van der Waals surface area contributed by atoms with Gasteiger partial charge in [0.1, 0.15) is 18.1 Å². The second-order valence-electron chi connectivity index (χ2n) is 11.4. The molecule has 1 amide bonds. The molecule has 8 nitrogen and oxygen atoms in total. The van der Waals surface area contributed by atoms with Crippen LogP contribution in [0.3, 0.4) is 0 Å². The van der Waals surface area contributed by atoms with Gasteiger partial charge in [0, 0.05) is 11.0 Å². The number of thioether (sulfide) groups is 1. The zero-order chi connectivity index (χ0) is 32.0. The minimum atomic E-state index is -4.00. The van der Waals surface area contributed by atoms with Crippen LogP contribution in [0.4, 0.5) is 4.79 Å². The second kappa shape index (κ2) is 17.1. The van der Waals surface area contributed by atoms with Crippen molar-refractivity contribution in [3.63, 3.8) is 0 Å². The molecular formula is C34H43NO7S2. The summed E-state index contributed by atoms with van der Waals surface area (Å²) in [7, 11) is -0.749. The summed E-state index contributed by atoms with van der Waals surface area (Å²) in [6.45, 7) is 5.79. The van der Waals surface area contributed by atoms with Crippen LogP contribution in [0, 0.1) is 5.41 Å². The Balaban J connectivity index is 1.87. The minimum Gasteiger partial charge on any atom is -0.497 e. The van der Waals surface area contributed by atoms with Gasteiger partial charge in [-0.15, -0.1) is 0 Å². The summed E-state index contributed by atoms with van der Waals surface area (Å²) in [5.74, 6) is 2.15. The van der Waals surface area contributed by atoms with Crippen LogP contribution in [0.25, 0.3) is 0 Å². The van der Waals surface area contributed by atoms with Crippen LogP contribution in [0.2, 0.25) is 0 Å². The molecule has 0 radical (unpaired) electrons. The zero-order valence-electron chi connectivity index (χ0n) is 26.0. The Morgan fingerprint density at radius 3 is 2.25 bits per heavy atom. The Morgan fingerprint density at radius 1 is 0.909 bits per heavy atom. The van der Waals surface area contributed by atoms with Gasteiger partial charge in [-0.3, -0.25) is 4.18 Å². The van der Waals surface area contributed by atoms with E-state index in [1.807, 2.05) is 99.6 Å². The lowest BCUT2D eigenvalue weighted by atomic mass is 9.99. The average Bonchev–Trinajstić information content (AvgIpc) is 3.02. The molecule has 2 unspecified atom stereocenters. The van der Waals surface area contributed by atoms with Gasteiger partial charge in [-0.05, 0) is 59.2 Å². The predicted octanol–water partition coefficient (Wildman–Crippen LogP) is 7.14. The van der Waals surface area contributed by atoms with Crippen LogP contribution < -0.4 is 14.8 Å². The maximum atomic E-state index is 13.0. The summed E-state index contributed by atoms with van der Waals surface area (Å²) in [6, 6.07) is 24.2. The van der Waals surface area contributed by atoms with Gasteiger partial charge < -0.3 is 19.5 Å². The van der Waals surface area contributed by atoms with Crippen molar-refractivity contribution in [3.05, 3.63) is 107 Å². The van der Waals surface area contributed by atoms with Gasteiger partial charge in [-0.1, -0.05) is 81.4 Å². The van der Waals surface area contributed by atoms with Gasteiger partial charge in [0.15, 0.2) is 0 Å². The third-order valence-corrected chi connectivity index (χ3v) is 8.91. The lowest BCUT2D eigenvalue weighted by Gasteiger charge is -2.26. The largest absolute Gasteiger partial charge is 0.497 e. The smallest absolute Gasteiger partial charge is 0.407 e. The first-order chi connectivity index (χ1) is 21.0. The lowest BCUT2D eigenvalue weighted by Crippen LogP contribution is -2.41. The number of para-hydroxylation sites is 1. The molecular weight excluding hydrogens is 599 g/mol. The van der Waals surface area contributed by atoms with E-state index in [9.17, 15) is 13.2 Å². The van der Waals surface area contributed by atoms with E-state index in [4.69, 9.17) is 18.4 Å². The number of methoxy groups -OCH3 is 2. The highest BCUT2D eigenvalue weighted by atomic mass is 32.2. The second-order valence-corrected chi connectivity index (χ2v) is 14.1. The molecule has 0 aromatic heterocycles. The topological polar surface area (TPSA) is 100 Å². The molecule has 44 heavy (non-hydrogen) atoms. The highest BCUT2D eigenvalue weighted by molar-refractivity contribution is 7.99. The molecule has 238 valence electrons. The van der Waals surface area contributed by atoms with E-state index in [0.717, 1.165) is 33.6 Å². The summed E-state index contributed by atoms with van der Waals surface area (Å²) >= 11 is 1.61. The van der Waals surface area contributed by atoms with Gasteiger partial charge in [0.05, 0.1) is 32.3 Å². The normalized spacial score (nSPS) is 13.3. The fraction of sp³-hybridized carbons (Fsp3) is 0.382.